The summed E-state index contributed by atoms with van der Waals surface area (Å²) in [6.45, 7) is 9.72. The van der Waals surface area contributed by atoms with Gasteiger partial charge in [0.2, 0.25) is 0 Å². The molecule has 1 saturated heterocycles. The van der Waals surface area contributed by atoms with Gasteiger partial charge in [0.15, 0.2) is 0 Å². The highest BCUT2D eigenvalue weighted by atomic mass is 15.1. The summed E-state index contributed by atoms with van der Waals surface area (Å²) in [7, 11) is 0. The molecule has 2 aliphatic rings. The van der Waals surface area contributed by atoms with Gasteiger partial charge in [0.25, 0.3) is 0 Å². The molecule has 3 unspecified atom stereocenters. The van der Waals surface area contributed by atoms with Crippen molar-refractivity contribution in [3.63, 3.8) is 0 Å². The topological polar surface area (TPSA) is 15.3 Å². The van der Waals surface area contributed by atoms with Gasteiger partial charge in [0, 0.05) is 25.0 Å². The SMILES string of the molecule is CCCN1CCCC(C(C)NCC2Cc3ccccc32)C1. The summed E-state index contributed by atoms with van der Waals surface area (Å²) >= 11 is 0. The largest absolute Gasteiger partial charge is 0.313 e. The fraction of sp³-hybridized carbons (Fsp3) is 0.684. The lowest BCUT2D eigenvalue weighted by molar-refractivity contribution is 0.150. The van der Waals surface area contributed by atoms with Crippen molar-refractivity contribution in [2.24, 2.45) is 5.92 Å². The van der Waals surface area contributed by atoms with Gasteiger partial charge in [-0.1, -0.05) is 31.2 Å². The molecule has 1 aromatic rings. The van der Waals surface area contributed by atoms with Crippen molar-refractivity contribution in [2.75, 3.05) is 26.2 Å². The highest BCUT2D eigenvalue weighted by molar-refractivity contribution is 5.40. The Labute approximate surface area is 129 Å². The van der Waals surface area contributed by atoms with Gasteiger partial charge in [-0.05, 0) is 62.7 Å². The summed E-state index contributed by atoms with van der Waals surface area (Å²) in [5, 5.41) is 3.83. The zero-order chi connectivity index (χ0) is 14.7. The molecule has 116 valence electrons. The van der Waals surface area contributed by atoms with Crippen molar-refractivity contribution in [3.8, 4) is 0 Å². The first kappa shape index (κ1) is 15.1. The number of hydrogen-bond acceptors (Lipinski definition) is 2. The van der Waals surface area contributed by atoms with Crippen LogP contribution in [0.4, 0.5) is 0 Å². The summed E-state index contributed by atoms with van der Waals surface area (Å²) in [6, 6.07) is 9.57. The molecule has 1 aliphatic heterocycles. The van der Waals surface area contributed by atoms with E-state index in [0.29, 0.717) is 6.04 Å². The Hall–Kier alpha value is -0.860. The van der Waals surface area contributed by atoms with Crippen LogP contribution in [0.15, 0.2) is 24.3 Å². The van der Waals surface area contributed by atoms with Crippen molar-refractivity contribution in [1.29, 1.82) is 0 Å². The molecule has 0 bridgehead atoms. The number of benzene rings is 1. The molecule has 1 heterocycles. The van der Waals surface area contributed by atoms with Gasteiger partial charge >= 0.3 is 0 Å². The minimum atomic E-state index is 0.650. The molecule has 1 aliphatic carbocycles. The van der Waals surface area contributed by atoms with Gasteiger partial charge in [-0.15, -0.1) is 0 Å². The van der Waals surface area contributed by atoms with E-state index in [-0.39, 0.29) is 0 Å². The Balaban J connectivity index is 1.45. The van der Waals surface area contributed by atoms with E-state index in [2.05, 4.69) is 48.3 Å². The fourth-order valence-electron chi connectivity index (χ4n) is 4.06. The van der Waals surface area contributed by atoms with E-state index in [1.165, 1.54) is 45.3 Å². The van der Waals surface area contributed by atoms with Gasteiger partial charge in [0.1, 0.15) is 0 Å². The van der Waals surface area contributed by atoms with Crippen molar-refractivity contribution < 1.29 is 0 Å². The summed E-state index contributed by atoms with van der Waals surface area (Å²) in [4.78, 5) is 2.66. The lowest BCUT2D eigenvalue weighted by atomic mass is 9.77. The van der Waals surface area contributed by atoms with Crippen LogP contribution in [0.25, 0.3) is 0 Å². The molecule has 0 aromatic heterocycles. The first-order chi connectivity index (χ1) is 10.3. The molecular weight excluding hydrogens is 256 g/mol. The second-order valence-corrected chi connectivity index (χ2v) is 7.00. The van der Waals surface area contributed by atoms with Gasteiger partial charge in [-0.2, -0.15) is 0 Å². The standard InChI is InChI=1S/C19H30N2/c1-3-10-21-11-6-8-17(14-21)15(2)20-13-18-12-16-7-4-5-9-19(16)18/h4-5,7,9,15,17-18,20H,3,6,8,10-14H2,1-2H3. The number of piperidine rings is 1. The Morgan fingerprint density at radius 1 is 1.33 bits per heavy atom. The zero-order valence-corrected chi connectivity index (χ0v) is 13.6. The number of nitrogens with zero attached hydrogens (tertiary/aromatic N) is 1. The van der Waals surface area contributed by atoms with E-state index >= 15 is 0 Å². The van der Waals surface area contributed by atoms with Crippen molar-refractivity contribution in [2.45, 2.75) is 51.5 Å². The number of fused-ring (bicyclic) bond motifs is 1. The maximum Gasteiger partial charge on any atom is 0.00794 e. The van der Waals surface area contributed by atoms with Crippen molar-refractivity contribution >= 4 is 0 Å². The average molecular weight is 286 g/mol. The van der Waals surface area contributed by atoms with Gasteiger partial charge in [0.05, 0.1) is 0 Å². The van der Waals surface area contributed by atoms with Crippen molar-refractivity contribution in [3.05, 3.63) is 35.4 Å². The predicted octanol–water partition coefficient (Wildman–Crippen LogP) is 3.43. The van der Waals surface area contributed by atoms with Crippen LogP contribution in [0, 0.1) is 5.92 Å². The average Bonchev–Trinajstić information content (AvgIpc) is 2.48. The molecule has 2 nitrogen and oxygen atoms in total. The molecule has 0 radical (unpaired) electrons. The lowest BCUT2D eigenvalue weighted by Crippen LogP contribution is -2.46. The number of rotatable bonds is 6. The zero-order valence-electron chi connectivity index (χ0n) is 13.6. The van der Waals surface area contributed by atoms with Crippen LogP contribution in [0.3, 0.4) is 0 Å². The minimum absolute atomic E-state index is 0.650. The van der Waals surface area contributed by atoms with E-state index in [9.17, 15) is 0 Å². The molecule has 1 N–H and O–H groups in total. The highest BCUT2D eigenvalue weighted by Crippen LogP contribution is 2.34. The third-order valence-electron chi connectivity index (χ3n) is 5.44. The Morgan fingerprint density at radius 2 is 2.19 bits per heavy atom. The number of nitrogens with one attached hydrogen (secondary N) is 1. The maximum absolute atomic E-state index is 3.83. The molecule has 1 aromatic carbocycles. The smallest absolute Gasteiger partial charge is 0.00794 e. The summed E-state index contributed by atoms with van der Waals surface area (Å²) < 4.78 is 0. The second kappa shape index (κ2) is 6.93. The predicted molar refractivity (Wildman–Crippen MR) is 89.8 cm³/mol. The second-order valence-electron chi connectivity index (χ2n) is 7.00. The van der Waals surface area contributed by atoms with E-state index in [4.69, 9.17) is 0 Å². The molecule has 0 amide bonds. The van der Waals surface area contributed by atoms with Gasteiger partial charge in [-0.3, -0.25) is 0 Å². The van der Waals surface area contributed by atoms with Crippen LogP contribution in [-0.2, 0) is 6.42 Å². The Morgan fingerprint density at radius 3 is 3.00 bits per heavy atom. The first-order valence-electron chi connectivity index (χ1n) is 8.81. The molecule has 21 heavy (non-hydrogen) atoms. The molecule has 0 spiro atoms. The van der Waals surface area contributed by atoms with Crippen LogP contribution < -0.4 is 5.32 Å². The molecular formula is C19H30N2. The van der Waals surface area contributed by atoms with E-state index < -0.39 is 0 Å². The van der Waals surface area contributed by atoms with Crippen molar-refractivity contribution in [1.82, 2.24) is 10.2 Å². The van der Waals surface area contributed by atoms with E-state index in [1.807, 2.05) is 0 Å². The Bertz CT molecular complexity index is 455. The molecule has 3 atom stereocenters. The highest BCUT2D eigenvalue weighted by Gasteiger charge is 2.28. The molecule has 0 saturated carbocycles. The van der Waals surface area contributed by atoms with Crippen LogP contribution in [0.2, 0.25) is 0 Å². The fourth-order valence-corrected chi connectivity index (χ4v) is 4.06. The third-order valence-corrected chi connectivity index (χ3v) is 5.44. The first-order valence-corrected chi connectivity index (χ1v) is 8.81. The third kappa shape index (κ3) is 3.49. The van der Waals surface area contributed by atoms with E-state index in [0.717, 1.165) is 18.4 Å². The lowest BCUT2D eigenvalue weighted by Gasteiger charge is -2.37. The van der Waals surface area contributed by atoms with Gasteiger partial charge in [-0.25, -0.2) is 0 Å². The summed E-state index contributed by atoms with van der Waals surface area (Å²) in [5.41, 5.74) is 3.14. The molecule has 1 fully saturated rings. The van der Waals surface area contributed by atoms with E-state index in [1.54, 1.807) is 11.1 Å². The number of likely N-dealkylation sites (tertiary alicyclic amines) is 1. The number of hydrogen-bond donors (Lipinski definition) is 1. The van der Waals surface area contributed by atoms with Crippen LogP contribution in [-0.4, -0.2) is 37.1 Å². The van der Waals surface area contributed by atoms with Crippen LogP contribution in [0.1, 0.15) is 50.2 Å². The normalized spacial score (nSPS) is 27.0. The quantitative estimate of drug-likeness (QED) is 0.862. The Kier molecular flexibility index (Phi) is 4.97. The minimum Gasteiger partial charge on any atom is -0.313 e. The molecule has 2 heteroatoms. The molecule has 3 rings (SSSR count). The van der Waals surface area contributed by atoms with Gasteiger partial charge < -0.3 is 10.2 Å². The monoisotopic (exact) mass is 286 g/mol. The van der Waals surface area contributed by atoms with Crippen LogP contribution in [0.5, 0.6) is 0 Å². The van der Waals surface area contributed by atoms with Crippen LogP contribution >= 0.6 is 0 Å². The summed E-state index contributed by atoms with van der Waals surface area (Å²) in [5.74, 6) is 1.58. The maximum atomic E-state index is 3.83. The summed E-state index contributed by atoms with van der Waals surface area (Å²) in [6.07, 6.45) is 5.33.